The van der Waals surface area contributed by atoms with E-state index < -0.39 is 35.9 Å². The number of aliphatic carboxylic acids is 1. The van der Waals surface area contributed by atoms with E-state index in [2.05, 4.69) is 10.1 Å². The Kier molecular flexibility index (Phi) is 5.57. The molecule has 1 aromatic carbocycles. The largest absolute Gasteiger partial charge is 0.480 e. The Morgan fingerprint density at radius 1 is 1.22 bits per heavy atom. The van der Waals surface area contributed by atoms with Crippen LogP contribution in [0.3, 0.4) is 0 Å². The molecule has 0 aliphatic rings. The standard InChI is InChI=1S/C17H18F3N3O4/c1-16(2,3)15-22-13(27-23-15)10-7-5-4-6-9(10)12(24)21-11(14(25)26)8-17(18,19)20/h4-7,11H,8H2,1-3H3,(H,21,24)(H,25,26). The highest BCUT2D eigenvalue weighted by Gasteiger charge is 2.36. The number of carbonyl (C=O) groups excluding carboxylic acids is 1. The molecule has 7 nitrogen and oxygen atoms in total. The molecule has 0 bridgehead atoms. The van der Waals surface area contributed by atoms with Crippen LogP contribution < -0.4 is 5.32 Å². The van der Waals surface area contributed by atoms with E-state index in [0.717, 1.165) is 0 Å². The fraction of sp³-hybridized carbons (Fsp3) is 0.412. The second kappa shape index (κ2) is 7.37. The maximum atomic E-state index is 12.5. The minimum Gasteiger partial charge on any atom is -0.480 e. The molecule has 27 heavy (non-hydrogen) atoms. The number of rotatable bonds is 5. The van der Waals surface area contributed by atoms with Crippen LogP contribution in [0.5, 0.6) is 0 Å². The topological polar surface area (TPSA) is 105 Å². The monoisotopic (exact) mass is 385 g/mol. The van der Waals surface area contributed by atoms with Crippen LogP contribution in [-0.2, 0) is 10.2 Å². The summed E-state index contributed by atoms with van der Waals surface area (Å²) in [6.45, 7) is 5.57. The predicted octanol–water partition coefficient (Wildman–Crippen LogP) is 3.17. The first-order valence-corrected chi connectivity index (χ1v) is 7.92. The van der Waals surface area contributed by atoms with E-state index in [1.807, 2.05) is 26.1 Å². The summed E-state index contributed by atoms with van der Waals surface area (Å²) in [5.74, 6) is -2.38. The van der Waals surface area contributed by atoms with E-state index in [1.54, 1.807) is 6.07 Å². The highest BCUT2D eigenvalue weighted by molar-refractivity contribution is 6.01. The number of hydrogen-bond donors (Lipinski definition) is 2. The molecule has 1 atom stereocenters. The molecular weight excluding hydrogens is 367 g/mol. The minimum absolute atomic E-state index is 0.00775. The second-order valence-electron chi connectivity index (χ2n) is 6.90. The summed E-state index contributed by atoms with van der Waals surface area (Å²) in [4.78, 5) is 27.7. The number of carbonyl (C=O) groups is 2. The molecule has 2 rings (SSSR count). The number of carboxylic acids is 1. The van der Waals surface area contributed by atoms with Crippen molar-refractivity contribution in [3.8, 4) is 11.5 Å². The molecule has 1 heterocycles. The minimum atomic E-state index is -4.75. The Balaban J connectivity index is 2.33. The Hall–Kier alpha value is -2.91. The third-order valence-electron chi connectivity index (χ3n) is 3.54. The van der Waals surface area contributed by atoms with Gasteiger partial charge in [0.15, 0.2) is 5.82 Å². The van der Waals surface area contributed by atoms with Crippen molar-refractivity contribution in [1.82, 2.24) is 15.5 Å². The molecule has 10 heteroatoms. The first kappa shape index (κ1) is 20.4. The normalized spacial score (nSPS) is 13.3. The number of carboxylic acid groups (broad SMARTS) is 1. The van der Waals surface area contributed by atoms with E-state index in [-0.39, 0.29) is 17.0 Å². The zero-order chi connectivity index (χ0) is 20.4. The van der Waals surface area contributed by atoms with Gasteiger partial charge in [0, 0.05) is 5.41 Å². The van der Waals surface area contributed by atoms with Crippen LogP contribution in [0.15, 0.2) is 28.8 Å². The van der Waals surface area contributed by atoms with Gasteiger partial charge in [-0.25, -0.2) is 4.79 Å². The quantitative estimate of drug-likeness (QED) is 0.819. The van der Waals surface area contributed by atoms with Crippen molar-refractivity contribution in [3.63, 3.8) is 0 Å². The molecule has 0 aliphatic heterocycles. The molecule has 146 valence electrons. The number of amides is 1. The number of hydrogen-bond acceptors (Lipinski definition) is 5. The Labute approximate surface area is 152 Å². The molecule has 1 amide bonds. The molecule has 0 saturated heterocycles. The van der Waals surface area contributed by atoms with Gasteiger partial charge in [-0.15, -0.1) is 0 Å². The van der Waals surface area contributed by atoms with Crippen LogP contribution in [0.2, 0.25) is 0 Å². The molecule has 2 aromatic rings. The zero-order valence-electron chi connectivity index (χ0n) is 14.8. The lowest BCUT2D eigenvalue weighted by atomic mass is 9.96. The summed E-state index contributed by atoms with van der Waals surface area (Å²) < 4.78 is 42.8. The summed E-state index contributed by atoms with van der Waals surface area (Å²) in [5.41, 5.74) is -0.302. The summed E-state index contributed by atoms with van der Waals surface area (Å²) in [6.07, 6.45) is -6.44. The van der Waals surface area contributed by atoms with Crippen LogP contribution >= 0.6 is 0 Å². The number of nitrogens with one attached hydrogen (secondary N) is 1. The number of benzene rings is 1. The lowest BCUT2D eigenvalue weighted by Gasteiger charge is -2.17. The van der Waals surface area contributed by atoms with Crippen molar-refractivity contribution in [3.05, 3.63) is 35.7 Å². The second-order valence-corrected chi connectivity index (χ2v) is 6.90. The van der Waals surface area contributed by atoms with Crippen LogP contribution in [0, 0.1) is 0 Å². The van der Waals surface area contributed by atoms with Crippen molar-refractivity contribution in [2.24, 2.45) is 0 Å². The summed E-state index contributed by atoms with van der Waals surface area (Å²) in [7, 11) is 0. The Bertz CT molecular complexity index is 840. The Morgan fingerprint density at radius 3 is 2.37 bits per heavy atom. The van der Waals surface area contributed by atoms with Crippen molar-refractivity contribution >= 4 is 11.9 Å². The summed E-state index contributed by atoms with van der Waals surface area (Å²) in [5, 5.41) is 14.7. The first-order chi connectivity index (χ1) is 12.4. The molecular formula is C17H18F3N3O4. The molecule has 2 N–H and O–H groups in total. The lowest BCUT2D eigenvalue weighted by molar-refractivity contribution is -0.157. The summed E-state index contributed by atoms with van der Waals surface area (Å²) >= 11 is 0. The SMILES string of the molecule is CC(C)(C)c1noc(-c2ccccc2C(=O)NC(CC(F)(F)F)C(=O)O)n1. The third-order valence-corrected chi connectivity index (χ3v) is 3.54. The highest BCUT2D eigenvalue weighted by Crippen LogP contribution is 2.27. The van der Waals surface area contributed by atoms with Gasteiger partial charge in [0.05, 0.1) is 17.5 Å². The van der Waals surface area contributed by atoms with Crippen molar-refractivity contribution in [2.45, 2.75) is 44.8 Å². The molecule has 1 aromatic heterocycles. The molecule has 0 spiro atoms. The fourth-order valence-corrected chi connectivity index (χ4v) is 2.17. The first-order valence-electron chi connectivity index (χ1n) is 7.92. The number of halogens is 3. The van der Waals surface area contributed by atoms with Gasteiger partial charge in [0.2, 0.25) is 0 Å². The van der Waals surface area contributed by atoms with E-state index in [0.29, 0.717) is 5.82 Å². The van der Waals surface area contributed by atoms with Crippen molar-refractivity contribution in [2.75, 3.05) is 0 Å². The van der Waals surface area contributed by atoms with Gasteiger partial charge in [0.25, 0.3) is 11.8 Å². The van der Waals surface area contributed by atoms with Crippen LogP contribution in [0.1, 0.15) is 43.4 Å². The molecule has 0 saturated carbocycles. The molecule has 0 radical (unpaired) electrons. The number of nitrogens with zero attached hydrogens (tertiary/aromatic N) is 2. The molecule has 0 fully saturated rings. The van der Waals surface area contributed by atoms with E-state index in [4.69, 9.17) is 9.63 Å². The molecule has 1 unspecified atom stereocenters. The van der Waals surface area contributed by atoms with Gasteiger partial charge < -0.3 is 14.9 Å². The zero-order valence-corrected chi connectivity index (χ0v) is 14.8. The van der Waals surface area contributed by atoms with Crippen LogP contribution in [-0.4, -0.2) is 39.3 Å². The van der Waals surface area contributed by atoms with Gasteiger partial charge in [-0.3, -0.25) is 4.79 Å². The third kappa shape index (κ3) is 5.28. The maximum Gasteiger partial charge on any atom is 0.391 e. The number of alkyl halides is 3. The van der Waals surface area contributed by atoms with Crippen molar-refractivity contribution < 1.29 is 32.4 Å². The predicted molar refractivity (Wildman–Crippen MR) is 88.0 cm³/mol. The average molecular weight is 385 g/mol. The van der Waals surface area contributed by atoms with Crippen molar-refractivity contribution in [1.29, 1.82) is 0 Å². The van der Waals surface area contributed by atoms with Crippen LogP contribution in [0.4, 0.5) is 13.2 Å². The van der Waals surface area contributed by atoms with E-state index >= 15 is 0 Å². The van der Waals surface area contributed by atoms with Gasteiger partial charge in [0.1, 0.15) is 6.04 Å². The van der Waals surface area contributed by atoms with E-state index in [1.165, 1.54) is 18.2 Å². The smallest absolute Gasteiger partial charge is 0.391 e. The van der Waals surface area contributed by atoms with Gasteiger partial charge >= 0.3 is 12.1 Å². The fourth-order valence-electron chi connectivity index (χ4n) is 2.17. The Morgan fingerprint density at radius 2 is 1.85 bits per heavy atom. The number of aromatic nitrogens is 2. The van der Waals surface area contributed by atoms with Gasteiger partial charge in [-0.1, -0.05) is 38.1 Å². The average Bonchev–Trinajstić information content (AvgIpc) is 3.03. The summed E-state index contributed by atoms with van der Waals surface area (Å²) in [6, 6.07) is 3.77. The van der Waals surface area contributed by atoms with Gasteiger partial charge in [-0.2, -0.15) is 18.2 Å². The lowest BCUT2D eigenvalue weighted by Crippen LogP contribution is -2.43. The maximum absolute atomic E-state index is 12.5. The molecule has 0 aliphatic carbocycles. The van der Waals surface area contributed by atoms with Gasteiger partial charge in [-0.05, 0) is 12.1 Å². The van der Waals surface area contributed by atoms with Crippen LogP contribution in [0.25, 0.3) is 11.5 Å². The highest BCUT2D eigenvalue weighted by atomic mass is 19.4. The van der Waals surface area contributed by atoms with E-state index in [9.17, 15) is 22.8 Å².